The van der Waals surface area contributed by atoms with Crippen LogP contribution >= 0.6 is 0 Å². The quantitative estimate of drug-likeness (QED) is 0.549. The summed E-state index contributed by atoms with van der Waals surface area (Å²) in [4.78, 5) is 16.6. The zero-order valence-electron chi connectivity index (χ0n) is 15.1. The molecular formula is C20H19N5O2. The van der Waals surface area contributed by atoms with E-state index >= 15 is 0 Å². The molecule has 0 unspecified atom stereocenters. The molecule has 0 aliphatic rings. The number of fused-ring (bicyclic) bond motifs is 2. The van der Waals surface area contributed by atoms with E-state index in [0.717, 1.165) is 27.5 Å². The Balaban J connectivity index is 1.65. The first kappa shape index (κ1) is 17.0. The number of para-hydroxylation sites is 2. The summed E-state index contributed by atoms with van der Waals surface area (Å²) in [6.07, 6.45) is 1.61. The molecule has 136 valence electrons. The number of amides is 1. The van der Waals surface area contributed by atoms with Gasteiger partial charge in [-0.3, -0.25) is 4.79 Å². The fourth-order valence-corrected chi connectivity index (χ4v) is 3.28. The molecule has 7 heteroatoms. The Kier molecular flexibility index (Phi) is 4.19. The van der Waals surface area contributed by atoms with Crippen molar-refractivity contribution in [1.29, 1.82) is 0 Å². The third-order valence-electron chi connectivity index (χ3n) is 4.58. The van der Waals surface area contributed by atoms with E-state index in [0.29, 0.717) is 12.2 Å². The molecule has 2 aromatic heterocycles. The first-order valence-electron chi connectivity index (χ1n) is 8.74. The lowest BCUT2D eigenvalue weighted by atomic mass is 10.1. The van der Waals surface area contributed by atoms with Crippen molar-refractivity contribution in [3.05, 3.63) is 54.4 Å². The first-order chi connectivity index (χ1) is 13.1. The Morgan fingerprint density at radius 3 is 2.81 bits per heavy atom. The van der Waals surface area contributed by atoms with Crippen molar-refractivity contribution in [1.82, 2.24) is 14.1 Å². The minimum atomic E-state index is -0.414. The molecule has 4 rings (SSSR count). The Labute approximate surface area is 155 Å². The number of carbonyl (C=O) groups excluding carboxylic acids is 1. The highest BCUT2D eigenvalue weighted by Gasteiger charge is 2.16. The smallest absolute Gasteiger partial charge is 0.284 e. The van der Waals surface area contributed by atoms with Crippen LogP contribution in [0.4, 0.5) is 5.69 Å². The topological polar surface area (TPSA) is 84.8 Å². The van der Waals surface area contributed by atoms with E-state index in [2.05, 4.69) is 15.2 Å². The van der Waals surface area contributed by atoms with Crippen LogP contribution in [0.25, 0.3) is 21.9 Å². The monoisotopic (exact) mass is 361 g/mol. The fraction of sp³-hybridized carbons (Fsp3) is 0.200. The van der Waals surface area contributed by atoms with Crippen molar-refractivity contribution in [2.45, 2.75) is 26.9 Å². The molecular weight excluding hydrogens is 342 g/mol. The predicted octanol–water partition coefficient (Wildman–Crippen LogP) is 4.34. The van der Waals surface area contributed by atoms with Gasteiger partial charge in [-0.1, -0.05) is 23.8 Å². The van der Waals surface area contributed by atoms with Crippen LogP contribution in [-0.4, -0.2) is 25.1 Å². The number of nitrogens with zero attached hydrogens (tertiary/aromatic N) is 5. The Hall–Kier alpha value is -3.48. The molecule has 2 heterocycles. The third kappa shape index (κ3) is 2.97. The van der Waals surface area contributed by atoms with E-state index in [1.807, 2.05) is 56.3 Å². The van der Waals surface area contributed by atoms with Crippen molar-refractivity contribution in [2.24, 2.45) is 10.2 Å². The summed E-state index contributed by atoms with van der Waals surface area (Å²) in [5, 5.41) is 19.2. The van der Waals surface area contributed by atoms with E-state index in [9.17, 15) is 9.90 Å². The number of hydrogen-bond acceptors (Lipinski definition) is 4. The van der Waals surface area contributed by atoms with Crippen molar-refractivity contribution in [2.75, 3.05) is 0 Å². The number of aromatic nitrogens is 3. The second kappa shape index (κ2) is 6.68. The largest absolute Gasteiger partial charge is 0.493 e. The van der Waals surface area contributed by atoms with Crippen molar-refractivity contribution >= 4 is 33.5 Å². The van der Waals surface area contributed by atoms with Gasteiger partial charge in [0.25, 0.3) is 5.91 Å². The van der Waals surface area contributed by atoms with Gasteiger partial charge >= 0.3 is 0 Å². The Morgan fingerprint density at radius 2 is 2.00 bits per heavy atom. The van der Waals surface area contributed by atoms with E-state index in [1.165, 1.54) is 0 Å². The summed E-state index contributed by atoms with van der Waals surface area (Å²) in [6.45, 7) is 4.54. The van der Waals surface area contributed by atoms with E-state index in [4.69, 9.17) is 0 Å². The van der Waals surface area contributed by atoms with Crippen LogP contribution in [0.1, 0.15) is 12.5 Å². The number of rotatable bonds is 4. The average Bonchev–Trinajstić information content (AvgIpc) is 3.18. The van der Waals surface area contributed by atoms with Crippen LogP contribution in [0.2, 0.25) is 0 Å². The molecule has 27 heavy (non-hydrogen) atoms. The van der Waals surface area contributed by atoms with Crippen LogP contribution in [0, 0.1) is 6.92 Å². The lowest BCUT2D eigenvalue weighted by Gasteiger charge is -2.01. The molecule has 7 nitrogen and oxygen atoms in total. The lowest BCUT2D eigenvalue weighted by molar-refractivity contribution is -0.118. The number of aromatic hydroxyl groups is 1. The average molecular weight is 361 g/mol. The zero-order valence-corrected chi connectivity index (χ0v) is 15.1. The maximum absolute atomic E-state index is 12.3. The number of carbonyl (C=O) groups is 1. The number of benzene rings is 2. The maximum Gasteiger partial charge on any atom is 0.284 e. The maximum atomic E-state index is 12.3. The van der Waals surface area contributed by atoms with Crippen molar-refractivity contribution < 1.29 is 9.90 Å². The van der Waals surface area contributed by atoms with Crippen molar-refractivity contribution in [3.8, 4) is 5.88 Å². The second-order valence-corrected chi connectivity index (χ2v) is 6.39. The summed E-state index contributed by atoms with van der Waals surface area (Å²) in [5.41, 5.74) is 3.91. The van der Waals surface area contributed by atoms with Crippen LogP contribution in [0.5, 0.6) is 5.88 Å². The molecule has 1 N–H and O–H groups in total. The highest BCUT2D eigenvalue weighted by molar-refractivity contribution is 5.95. The van der Waals surface area contributed by atoms with Gasteiger partial charge < -0.3 is 14.2 Å². The van der Waals surface area contributed by atoms with E-state index in [1.54, 1.807) is 15.5 Å². The standard InChI is InChI=1S/C20H19N5O2/c1-3-25-16-9-8-13(2)10-14(16)19(20(25)27)23-22-18(26)11-24-12-21-15-6-4-5-7-17(15)24/h4-10,12,27H,3,11H2,1-2H3. The molecule has 4 aromatic rings. The highest BCUT2D eigenvalue weighted by atomic mass is 16.3. The van der Waals surface area contributed by atoms with Gasteiger partial charge in [0.15, 0.2) is 5.69 Å². The summed E-state index contributed by atoms with van der Waals surface area (Å²) >= 11 is 0. The molecule has 0 aliphatic carbocycles. The van der Waals surface area contributed by atoms with Gasteiger partial charge in [0, 0.05) is 11.9 Å². The van der Waals surface area contributed by atoms with Gasteiger partial charge in [0.2, 0.25) is 5.88 Å². The predicted molar refractivity (Wildman–Crippen MR) is 103 cm³/mol. The van der Waals surface area contributed by atoms with Gasteiger partial charge in [-0.25, -0.2) is 4.98 Å². The molecule has 0 fully saturated rings. The summed E-state index contributed by atoms with van der Waals surface area (Å²) in [5.74, 6) is -0.398. The van der Waals surface area contributed by atoms with E-state index < -0.39 is 5.91 Å². The molecule has 1 amide bonds. The van der Waals surface area contributed by atoms with Gasteiger partial charge in [-0.05, 0) is 38.1 Å². The van der Waals surface area contributed by atoms with Gasteiger partial charge in [-0.2, -0.15) is 0 Å². The van der Waals surface area contributed by atoms with Gasteiger partial charge in [0.05, 0.1) is 22.9 Å². The fourth-order valence-electron chi connectivity index (χ4n) is 3.28. The number of hydrogen-bond donors (Lipinski definition) is 1. The lowest BCUT2D eigenvalue weighted by Crippen LogP contribution is -2.05. The number of aryl methyl sites for hydroxylation is 2. The van der Waals surface area contributed by atoms with Crippen molar-refractivity contribution in [3.63, 3.8) is 0 Å². The molecule has 0 saturated heterocycles. The Morgan fingerprint density at radius 1 is 1.19 bits per heavy atom. The molecule has 0 bridgehead atoms. The minimum Gasteiger partial charge on any atom is -0.493 e. The molecule has 2 aromatic carbocycles. The first-order valence-corrected chi connectivity index (χ1v) is 8.74. The molecule has 0 saturated carbocycles. The highest BCUT2D eigenvalue weighted by Crippen LogP contribution is 2.39. The van der Waals surface area contributed by atoms with Crippen LogP contribution in [0.15, 0.2) is 59.0 Å². The Bertz CT molecular complexity index is 1190. The second-order valence-electron chi connectivity index (χ2n) is 6.39. The summed E-state index contributed by atoms with van der Waals surface area (Å²) in [7, 11) is 0. The van der Waals surface area contributed by atoms with Gasteiger partial charge in [0.1, 0.15) is 6.54 Å². The normalized spacial score (nSPS) is 11.8. The van der Waals surface area contributed by atoms with Gasteiger partial charge in [-0.15, -0.1) is 10.2 Å². The SMILES string of the molecule is CCn1c(O)c(N=NC(=O)Cn2cnc3ccccc32)c2cc(C)ccc21. The molecule has 0 radical (unpaired) electrons. The van der Waals surface area contributed by atoms with Crippen LogP contribution in [-0.2, 0) is 17.9 Å². The third-order valence-corrected chi connectivity index (χ3v) is 4.58. The van der Waals surface area contributed by atoms with Crippen LogP contribution < -0.4 is 0 Å². The number of imidazole rings is 1. The van der Waals surface area contributed by atoms with Crippen LogP contribution in [0.3, 0.4) is 0 Å². The summed E-state index contributed by atoms with van der Waals surface area (Å²) in [6, 6.07) is 13.4. The molecule has 0 spiro atoms. The molecule has 0 atom stereocenters. The van der Waals surface area contributed by atoms with E-state index in [-0.39, 0.29) is 12.4 Å². The summed E-state index contributed by atoms with van der Waals surface area (Å²) < 4.78 is 3.48. The molecule has 0 aliphatic heterocycles. The minimum absolute atomic E-state index is 0.0164. The zero-order chi connectivity index (χ0) is 19.0. The number of azo groups is 1.